The van der Waals surface area contributed by atoms with Crippen LogP contribution in [0, 0.1) is 0 Å². The van der Waals surface area contributed by atoms with Crippen LogP contribution in [0.3, 0.4) is 0 Å². The number of carbonyl (C=O) groups is 9. The monoisotopic (exact) mass is 773 g/mol. The van der Waals surface area contributed by atoms with E-state index in [9.17, 15) is 43.2 Å². The Morgan fingerprint density at radius 2 is 0.481 bits per heavy atom. The van der Waals surface area contributed by atoms with Crippen molar-refractivity contribution in [1.29, 1.82) is 0 Å². The summed E-state index contributed by atoms with van der Waals surface area (Å²) in [4.78, 5) is 102. The third kappa shape index (κ3) is 37.1. The van der Waals surface area contributed by atoms with E-state index in [0.717, 1.165) is 9.80 Å². The molecule has 0 unspecified atom stereocenters. The van der Waals surface area contributed by atoms with E-state index in [1.807, 2.05) is 0 Å². The fourth-order valence-electron chi connectivity index (χ4n) is 3.17. The highest BCUT2D eigenvalue weighted by Gasteiger charge is 2.21. The van der Waals surface area contributed by atoms with E-state index in [1.165, 1.54) is 35.3 Å². The maximum absolute atomic E-state index is 11.6. The predicted octanol–water partition coefficient (Wildman–Crippen LogP) is -1.15. The quantitative estimate of drug-likeness (QED) is 0.0415. The van der Waals surface area contributed by atoms with Crippen molar-refractivity contribution in [1.82, 2.24) is 14.7 Å². The second-order valence-electron chi connectivity index (χ2n) is 9.87. The molecule has 0 aliphatic carbocycles. The van der Waals surface area contributed by atoms with Crippen molar-refractivity contribution in [3.05, 3.63) is 63.3 Å². The standard InChI is InChI=1S/C15H21NO6.C12H17NO6.C6H9NO6/c1-4-7-20-13(17)10-16(11-14(18)21-8-5-2)12-15(19)22-9-6-3;1-3-5-18-11(16)8-13(7-10(14)15)9-12(17)19-6-4-2;8-4(9)1-7(2-5(10)11)3-6(12)13/h4-6H,1-3,7-12H2;3-4H,1-2,5-9H2,(H,14,15);1-3H2,(H,8,9)(H,10,11)(H,12,13). The molecule has 0 aromatic heterocycles. The van der Waals surface area contributed by atoms with Crippen molar-refractivity contribution in [2.75, 3.05) is 91.9 Å². The predicted molar refractivity (Wildman–Crippen MR) is 186 cm³/mol. The normalized spacial score (nSPS) is 9.76. The Morgan fingerprint density at radius 1 is 0.333 bits per heavy atom. The first-order chi connectivity index (χ1) is 25.4. The van der Waals surface area contributed by atoms with Gasteiger partial charge in [-0.3, -0.25) is 57.9 Å². The Balaban J connectivity index is -0.000000746. The number of nitrogens with zero attached hydrogens (tertiary/aromatic N) is 3. The zero-order valence-electron chi connectivity index (χ0n) is 29.7. The van der Waals surface area contributed by atoms with E-state index in [1.54, 1.807) is 0 Å². The fraction of sp³-hybridized carbons (Fsp3) is 0.424. The SMILES string of the molecule is C=CCOC(=O)CN(CC(=O)O)CC(=O)OCC=C.C=CCOC(=O)CN(CC(=O)OCC=C)CC(=O)OCC=C.O=C(O)CN(CC(=O)O)CC(=O)O. The Morgan fingerprint density at radius 3 is 0.630 bits per heavy atom. The van der Waals surface area contributed by atoms with Crippen LogP contribution in [0.1, 0.15) is 0 Å². The van der Waals surface area contributed by atoms with Gasteiger partial charge in [0.1, 0.15) is 33.0 Å². The molecular weight excluding hydrogens is 726 g/mol. The van der Waals surface area contributed by atoms with Gasteiger partial charge in [-0.15, -0.1) is 0 Å². The number of carbonyl (C=O) groups excluding carboxylic acids is 5. The molecule has 0 atom stereocenters. The summed E-state index contributed by atoms with van der Waals surface area (Å²) in [5.74, 6) is -8.00. The average molecular weight is 774 g/mol. The minimum absolute atomic E-state index is 0.0284. The van der Waals surface area contributed by atoms with Crippen molar-refractivity contribution < 1.29 is 87.3 Å². The van der Waals surface area contributed by atoms with Crippen molar-refractivity contribution >= 4 is 53.7 Å². The average Bonchev–Trinajstić information content (AvgIpc) is 3.06. The number of rotatable bonds is 28. The molecular formula is C33H47N3O18. The number of carboxylic acids is 4. The molecule has 4 N–H and O–H groups in total. The molecule has 0 spiro atoms. The molecule has 0 rings (SSSR count). The third-order valence-electron chi connectivity index (χ3n) is 5.01. The van der Waals surface area contributed by atoms with Crippen LogP contribution < -0.4 is 0 Å². The lowest BCUT2D eigenvalue weighted by Crippen LogP contribution is -2.40. The van der Waals surface area contributed by atoms with Gasteiger partial charge in [-0.1, -0.05) is 63.3 Å². The van der Waals surface area contributed by atoms with Gasteiger partial charge in [-0.25, -0.2) is 0 Å². The lowest BCUT2D eigenvalue weighted by Gasteiger charge is -2.19. The van der Waals surface area contributed by atoms with Crippen molar-refractivity contribution in [2.45, 2.75) is 0 Å². The minimum Gasteiger partial charge on any atom is -0.480 e. The number of ether oxygens (including phenoxy) is 5. The molecule has 21 nitrogen and oxygen atoms in total. The van der Waals surface area contributed by atoms with Crippen LogP contribution in [0.4, 0.5) is 0 Å². The Labute approximate surface area is 310 Å². The molecule has 302 valence electrons. The van der Waals surface area contributed by atoms with Crippen LogP contribution in [0.15, 0.2) is 63.3 Å². The molecule has 0 saturated heterocycles. The molecule has 0 aliphatic rings. The Hall–Kier alpha value is -6.19. The van der Waals surface area contributed by atoms with Gasteiger partial charge >= 0.3 is 53.7 Å². The van der Waals surface area contributed by atoms with Crippen LogP contribution in [0.2, 0.25) is 0 Å². The summed E-state index contributed by atoms with van der Waals surface area (Å²) in [6.07, 6.45) is 7.02. The molecule has 21 heteroatoms. The molecule has 0 saturated carbocycles. The highest BCUT2D eigenvalue weighted by atomic mass is 16.6. The zero-order chi connectivity index (χ0) is 41.9. The van der Waals surface area contributed by atoms with Gasteiger partial charge in [0, 0.05) is 0 Å². The lowest BCUT2D eigenvalue weighted by atomic mass is 10.4. The Bertz CT molecular complexity index is 1170. The summed E-state index contributed by atoms with van der Waals surface area (Å²) in [5, 5.41) is 33.5. The number of carboxylic acid groups (broad SMARTS) is 4. The largest absolute Gasteiger partial charge is 0.480 e. The fourth-order valence-corrected chi connectivity index (χ4v) is 3.17. The summed E-state index contributed by atoms with van der Waals surface area (Å²) in [5.41, 5.74) is 0. The highest BCUT2D eigenvalue weighted by molar-refractivity contribution is 5.79. The van der Waals surface area contributed by atoms with E-state index >= 15 is 0 Å². The number of esters is 5. The zero-order valence-corrected chi connectivity index (χ0v) is 29.7. The molecule has 0 amide bonds. The van der Waals surface area contributed by atoms with Crippen LogP contribution in [0.5, 0.6) is 0 Å². The lowest BCUT2D eigenvalue weighted by molar-refractivity contribution is -0.152. The molecule has 0 bridgehead atoms. The highest BCUT2D eigenvalue weighted by Crippen LogP contribution is 1.96. The topological polar surface area (TPSA) is 290 Å². The van der Waals surface area contributed by atoms with Gasteiger partial charge < -0.3 is 44.1 Å². The van der Waals surface area contributed by atoms with Crippen molar-refractivity contribution in [2.24, 2.45) is 0 Å². The van der Waals surface area contributed by atoms with Crippen molar-refractivity contribution in [3.63, 3.8) is 0 Å². The number of hydrogen-bond acceptors (Lipinski definition) is 17. The first-order valence-corrected chi connectivity index (χ1v) is 15.3. The summed E-state index contributed by atoms with van der Waals surface area (Å²) >= 11 is 0. The second-order valence-corrected chi connectivity index (χ2v) is 9.87. The van der Waals surface area contributed by atoms with Gasteiger partial charge in [0.15, 0.2) is 0 Å². The maximum atomic E-state index is 11.6. The third-order valence-corrected chi connectivity index (χ3v) is 5.01. The van der Waals surface area contributed by atoms with Gasteiger partial charge in [0.2, 0.25) is 0 Å². The number of hydrogen-bond donors (Lipinski definition) is 4. The molecule has 0 aromatic carbocycles. The summed E-state index contributed by atoms with van der Waals surface area (Å²) < 4.78 is 23.8. The van der Waals surface area contributed by atoms with Crippen LogP contribution in [-0.4, -0.2) is 181 Å². The smallest absolute Gasteiger partial charge is 0.320 e. The van der Waals surface area contributed by atoms with Gasteiger partial charge in [0.25, 0.3) is 0 Å². The second kappa shape index (κ2) is 33.9. The molecule has 0 aromatic rings. The number of aliphatic carboxylic acids is 4. The van der Waals surface area contributed by atoms with E-state index in [2.05, 4.69) is 32.9 Å². The summed E-state index contributed by atoms with van der Waals surface area (Å²) in [6.45, 7) is 13.6. The van der Waals surface area contributed by atoms with Crippen LogP contribution in [0.25, 0.3) is 0 Å². The van der Waals surface area contributed by atoms with Crippen LogP contribution in [-0.2, 0) is 66.8 Å². The van der Waals surface area contributed by atoms with Crippen molar-refractivity contribution in [3.8, 4) is 0 Å². The van der Waals surface area contributed by atoms with Gasteiger partial charge in [0.05, 0.1) is 58.9 Å². The summed E-state index contributed by atoms with van der Waals surface area (Å²) in [6, 6.07) is 0. The molecule has 54 heavy (non-hydrogen) atoms. The van der Waals surface area contributed by atoms with E-state index in [4.69, 9.17) is 44.1 Å². The first-order valence-electron chi connectivity index (χ1n) is 15.3. The van der Waals surface area contributed by atoms with E-state index in [-0.39, 0.29) is 65.8 Å². The maximum Gasteiger partial charge on any atom is 0.320 e. The van der Waals surface area contributed by atoms with E-state index in [0.29, 0.717) is 0 Å². The minimum atomic E-state index is -1.26. The Kier molecular flexibility index (Phi) is 32.8. The molecule has 0 heterocycles. The van der Waals surface area contributed by atoms with E-state index < -0.39 is 79.9 Å². The molecule has 0 fully saturated rings. The van der Waals surface area contributed by atoms with Gasteiger partial charge in [-0.2, -0.15) is 0 Å². The molecule has 0 radical (unpaired) electrons. The van der Waals surface area contributed by atoms with Crippen LogP contribution >= 0.6 is 0 Å². The molecule has 0 aliphatic heterocycles. The summed E-state index contributed by atoms with van der Waals surface area (Å²) in [7, 11) is 0. The van der Waals surface area contributed by atoms with Gasteiger partial charge in [-0.05, 0) is 0 Å². The first kappa shape index (κ1) is 52.2.